The van der Waals surface area contributed by atoms with Crippen molar-refractivity contribution in [3.8, 4) is 0 Å². The summed E-state index contributed by atoms with van der Waals surface area (Å²) < 4.78 is 22.7. The van der Waals surface area contributed by atoms with Crippen LogP contribution in [0.2, 0.25) is 25.7 Å². The Labute approximate surface area is 210 Å². The summed E-state index contributed by atoms with van der Waals surface area (Å²) in [6.07, 6.45) is -1.70. The van der Waals surface area contributed by atoms with Gasteiger partial charge in [0.05, 0.1) is 6.10 Å². The number of esters is 2. The normalized spacial score (nSPS) is 14.0. The van der Waals surface area contributed by atoms with Crippen LogP contribution >= 0.6 is 0 Å². The molecular formula is C28H38O6Si. The minimum absolute atomic E-state index is 0.184. The predicted octanol–water partition coefficient (Wildman–Crippen LogP) is 6.24. The van der Waals surface area contributed by atoms with Crippen molar-refractivity contribution < 1.29 is 28.5 Å². The first-order valence-corrected chi connectivity index (χ1v) is 15.6. The number of hydrogen-bond donors (Lipinski definition) is 0. The van der Waals surface area contributed by atoms with Crippen molar-refractivity contribution in [1.82, 2.24) is 0 Å². The summed E-state index contributed by atoms with van der Waals surface area (Å²) in [4.78, 5) is 24.8. The molecule has 3 atom stereocenters. The number of carbonyl (C=O) groups is 2. The molecule has 35 heavy (non-hydrogen) atoms. The summed E-state index contributed by atoms with van der Waals surface area (Å²) in [5.74, 6) is -1.20. The quantitative estimate of drug-likeness (QED) is 0.101. The van der Waals surface area contributed by atoms with Gasteiger partial charge in [0.25, 0.3) is 0 Å². The molecule has 2 aromatic rings. The lowest BCUT2D eigenvalue weighted by Crippen LogP contribution is -2.24. The highest BCUT2D eigenvalue weighted by atomic mass is 28.3. The van der Waals surface area contributed by atoms with Gasteiger partial charge in [0.15, 0.2) is 0 Å². The molecule has 2 aromatic carbocycles. The molecule has 6 nitrogen and oxygen atoms in total. The molecule has 7 heteroatoms. The highest BCUT2D eigenvalue weighted by Gasteiger charge is 2.29. The van der Waals surface area contributed by atoms with Gasteiger partial charge in [0.1, 0.15) is 12.9 Å². The van der Waals surface area contributed by atoms with Crippen LogP contribution in [0.1, 0.15) is 43.6 Å². The molecule has 0 aromatic heterocycles. The Hall–Kier alpha value is -2.74. The van der Waals surface area contributed by atoms with Crippen LogP contribution in [0.4, 0.5) is 0 Å². The van der Waals surface area contributed by atoms with Gasteiger partial charge in [0, 0.05) is 33.6 Å². The summed E-state index contributed by atoms with van der Waals surface area (Å²) in [6, 6.07) is 19.3. The van der Waals surface area contributed by atoms with Gasteiger partial charge >= 0.3 is 11.9 Å². The lowest BCUT2D eigenvalue weighted by atomic mass is 9.99. The van der Waals surface area contributed by atoms with Gasteiger partial charge in [-0.15, -0.1) is 0 Å². The Balaban J connectivity index is 2.06. The van der Waals surface area contributed by atoms with E-state index in [-0.39, 0.29) is 12.9 Å². The molecule has 0 spiro atoms. The van der Waals surface area contributed by atoms with Crippen molar-refractivity contribution in [2.75, 3.05) is 13.4 Å². The van der Waals surface area contributed by atoms with Crippen molar-refractivity contribution in [2.24, 2.45) is 0 Å². The average Bonchev–Trinajstić information content (AvgIpc) is 2.81. The summed E-state index contributed by atoms with van der Waals surface area (Å²) >= 11 is 0. The lowest BCUT2D eigenvalue weighted by molar-refractivity contribution is -0.171. The van der Waals surface area contributed by atoms with Gasteiger partial charge in [-0.3, -0.25) is 4.79 Å². The maximum atomic E-state index is 13.2. The summed E-state index contributed by atoms with van der Waals surface area (Å²) in [7, 11) is -1.15. The molecule has 0 amide bonds. The average molecular weight is 499 g/mol. The molecule has 0 saturated heterocycles. The van der Waals surface area contributed by atoms with Crippen LogP contribution < -0.4 is 0 Å². The molecule has 0 N–H and O–H groups in total. The van der Waals surface area contributed by atoms with E-state index >= 15 is 0 Å². The SMILES string of the molecule is C=C(C[C@@H](OC(=O)[C@@H](OC(C)=O)c1ccccc1)c1ccccc1)[C@@H](C)OCOCC[Si](C)(C)C. The maximum Gasteiger partial charge on any atom is 0.352 e. The molecule has 0 radical (unpaired) electrons. The molecular weight excluding hydrogens is 460 g/mol. The largest absolute Gasteiger partial charge is 0.454 e. The van der Waals surface area contributed by atoms with Gasteiger partial charge in [0.2, 0.25) is 6.10 Å². The Morgan fingerprint density at radius 1 is 0.914 bits per heavy atom. The molecule has 0 bridgehead atoms. The zero-order valence-corrected chi connectivity index (χ0v) is 22.5. The molecule has 190 valence electrons. The van der Waals surface area contributed by atoms with Crippen LogP contribution in [0.25, 0.3) is 0 Å². The molecule has 0 aliphatic carbocycles. The second-order valence-corrected chi connectivity index (χ2v) is 15.4. The molecule has 0 aliphatic rings. The van der Waals surface area contributed by atoms with E-state index in [0.717, 1.165) is 17.2 Å². The smallest absolute Gasteiger partial charge is 0.352 e. The van der Waals surface area contributed by atoms with Crippen molar-refractivity contribution in [3.05, 3.63) is 83.9 Å². The first kappa shape index (κ1) is 28.5. The highest BCUT2D eigenvalue weighted by molar-refractivity contribution is 6.76. The van der Waals surface area contributed by atoms with Crippen LogP contribution in [0, 0.1) is 0 Å². The third kappa shape index (κ3) is 10.6. The first-order chi connectivity index (χ1) is 16.6. The van der Waals surface area contributed by atoms with Crippen molar-refractivity contribution in [2.45, 2.75) is 64.3 Å². The second kappa shape index (κ2) is 14.0. The Morgan fingerprint density at radius 3 is 2.03 bits per heavy atom. The third-order valence-electron chi connectivity index (χ3n) is 5.45. The second-order valence-electron chi connectivity index (χ2n) is 9.74. The summed E-state index contributed by atoms with van der Waals surface area (Å²) in [6.45, 7) is 15.1. The van der Waals surface area contributed by atoms with E-state index in [4.69, 9.17) is 18.9 Å². The molecule has 0 aliphatic heterocycles. The topological polar surface area (TPSA) is 71.1 Å². The number of ether oxygens (including phenoxy) is 4. The lowest BCUT2D eigenvalue weighted by Gasteiger charge is -2.25. The Kier molecular flexibility index (Phi) is 11.4. The minimum Gasteiger partial charge on any atom is -0.454 e. The fourth-order valence-corrected chi connectivity index (χ4v) is 4.01. The third-order valence-corrected chi connectivity index (χ3v) is 7.15. The minimum atomic E-state index is -1.15. The summed E-state index contributed by atoms with van der Waals surface area (Å²) in [5.41, 5.74) is 2.13. The number of rotatable bonds is 14. The number of hydrogen-bond acceptors (Lipinski definition) is 6. The van der Waals surface area contributed by atoms with Crippen LogP contribution in [-0.4, -0.2) is 39.5 Å². The van der Waals surface area contributed by atoms with Crippen molar-refractivity contribution >= 4 is 20.0 Å². The molecule has 0 heterocycles. The van der Waals surface area contributed by atoms with Gasteiger partial charge in [-0.2, -0.15) is 0 Å². The van der Waals surface area contributed by atoms with Gasteiger partial charge in [-0.1, -0.05) is 86.9 Å². The van der Waals surface area contributed by atoms with E-state index in [1.807, 2.05) is 43.3 Å². The summed E-state index contributed by atoms with van der Waals surface area (Å²) in [5, 5.41) is 0. The number of benzene rings is 2. The number of carbonyl (C=O) groups excluding carboxylic acids is 2. The zero-order valence-electron chi connectivity index (χ0n) is 21.5. The van der Waals surface area contributed by atoms with E-state index in [0.29, 0.717) is 18.6 Å². The maximum absolute atomic E-state index is 13.2. The standard InChI is InChI=1S/C28H38O6Si/c1-21(22(2)32-20-31-17-18-35(4,5)6)19-26(24-13-9-7-10-14-24)34-28(30)27(33-23(3)29)25-15-11-8-12-16-25/h7-16,22,26-27H,1,17-20H2,2-6H3/t22-,26-,27+/m1/s1. The molecule has 0 fully saturated rings. The van der Waals surface area contributed by atoms with Crippen LogP contribution in [-0.2, 0) is 28.5 Å². The highest BCUT2D eigenvalue weighted by Crippen LogP contribution is 2.30. The van der Waals surface area contributed by atoms with Crippen molar-refractivity contribution in [1.29, 1.82) is 0 Å². The van der Waals surface area contributed by atoms with E-state index in [1.165, 1.54) is 6.92 Å². The molecule has 0 saturated carbocycles. The van der Waals surface area contributed by atoms with Crippen LogP contribution in [0.15, 0.2) is 72.8 Å². The van der Waals surface area contributed by atoms with Crippen LogP contribution in [0.3, 0.4) is 0 Å². The van der Waals surface area contributed by atoms with E-state index < -0.39 is 32.2 Å². The monoisotopic (exact) mass is 498 g/mol. The fourth-order valence-electron chi connectivity index (χ4n) is 3.25. The first-order valence-electron chi connectivity index (χ1n) is 11.9. The van der Waals surface area contributed by atoms with Gasteiger partial charge in [-0.25, -0.2) is 4.79 Å². The molecule has 0 unspecified atom stereocenters. The van der Waals surface area contributed by atoms with E-state index in [9.17, 15) is 9.59 Å². The predicted molar refractivity (Wildman–Crippen MR) is 139 cm³/mol. The van der Waals surface area contributed by atoms with Crippen LogP contribution in [0.5, 0.6) is 0 Å². The van der Waals surface area contributed by atoms with Gasteiger partial charge in [-0.05, 0) is 24.1 Å². The fraction of sp³-hybridized carbons (Fsp3) is 0.429. The van der Waals surface area contributed by atoms with Gasteiger partial charge < -0.3 is 18.9 Å². The molecule has 2 rings (SSSR count). The Morgan fingerprint density at radius 2 is 1.49 bits per heavy atom. The van der Waals surface area contributed by atoms with E-state index in [2.05, 4.69) is 26.2 Å². The Bertz CT molecular complexity index is 939. The van der Waals surface area contributed by atoms with Crippen molar-refractivity contribution in [3.63, 3.8) is 0 Å². The zero-order chi connectivity index (χ0) is 25.8. The van der Waals surface area contributed by atoms with E-state index in [1.54, 1.807) is 24.3 Å².